The molecule has 106 valence electrons. The van der Waals surface area contributed by atoms with E-state index in [1.807, 2.05) is 42.2 Å². The minimum Gasteiger partial charge on any atom is -1.00 e. The Balaban J connectivity index is 0.00000200. The summed E-state index contributed by atoms with van der Waals surface area (Å²) in [4.78, 5) is 0. The zero-order valence-electron chi connectivity index (χ0n) is 11.8. The fraction of sp³-hybridized carbons (Fsp3) is 0.188. The number of benzene rings is 1. The lowest BCUT2D eigenvalue weighted by molar-refractivity contribution is -0.671. The summed E-state index contributed by atoms with van der Waals surface area (Å²) in [5, 5.41) is 0. The first-order chi connectivity index (χ1) is 9.22. The van der Waals surface area contributed by atoms with E-state index in [0.717, 1.165) is 22.6 Å². The Morgan fingerprint density at radius 1 is 0.850 bits per heavy atom. The van der Waals surface area contributed by atoms with Crippen LogP contribution in [-0.4, -0.2) is 14.2 Å². The standard InChI is InChI=1S/C16H18NO2.HI/c1-17-10-8-13(9-11-17)4-5-14-6-7-15(18-2)16(12-14)19-3;/h4-12H,1-3H3;1H/q+1;/p-1. The molecule has 0 aliphatic heterocycles. The molecular weight excluding hydrogens is 365 g/mol. The number of aromatic nitrogens is 1. The van der Waals surface area contributed by atoms with E-state index in [0.29, 0.717) is 0 Å². The summed E-state index contributed by atoms with van der Waals surface area (Å²) >= 11 is 0. The molecule has 1 aromatic heterocycles. The Kier molecular flexibility index (Phi) is 6.51. The summed E-state index contributed by atoms with van der Waals surface area (Å²) in [5.41, 5.74) is 2.23. The number of hydrogen-bond acceptors (Lipinski definition) is 2. The van der Waals surface area contributed by atoms with Crippen LogP contribution in [0.1, 0.15) is 11.1 Å². The van der Waals surface area contributed by atoms with E-state index in [2.05, 4.69) is 24.3 Å². The Labute approximate surface area is 136 Å². The maximum Gasteiger partial charge on any atom is 0.169 e. The second kappa shape index (κ2) is 7.89. The first-order valence-corrected chi connectivity index (χ1v) is 6.08. The molecule has 0 amide bonds. The smallest absolute Gasteiger partial charge is 0.169 e. The predicted octanol–water partition coefficient (Wildman–Crippen LogP) is -0.297. The molecule has 0 saturated carbocycles. The number of hydrogen-bond donors (Lipinski definition) is 0. The van der Waals surface area contributed by atoms with Crippen LogP contribution in [0.3, 0.4) is 0 Å². The van der Waals surface area contributed by atoms with Gasteiger partial charge in [-0.25, -0.2) is 4.57 Å². The zero-order chi connectivity index (χ0) is 13.7. The third-order valence-corrected chi connectivity index (χ3v) is 2.88. The maximum absolute atomic E-state index is 5.28. The van der Waals surface area contributed by atoms with Gasteiger partial charge in [-0.3, -0.25) is 0 Å². The number of ether oxygens (including phenoxy) is 2. The highest BCUT2D eigenvalue weighted by atomic mass is 127. The summed E-state index contributed by atoms with van der Waals surface area (Å²) in [6.45, 7) is 0. The number of aryl methyl sites for hydroxylation is 1. The quantitative estimate of drug-likeness (QED) is 0.535. The first-order valence-electron chi connectivity index (χ1n) is 6.08. The van der Waals surface area contributed by atoms with Crippen LogP contribution in [-0.2, 0) is 7.05 Å². The summed E-state index contributed by atoms with van der Waals surface area (Å²) in [6, 6.07) is 10.00. The molecule has 0 radical (unpaired) electrons. The Morgan fingerprint density at radius 2 is 1.45 bits per heavy atom. The van der Waals surface area contributed by atoms with Crippen LogP contribution in [0, 0.1) is 0 Å². The van der Waals surface area contributed by atoms with Crippen molar-refractivity contribution in [1.82, 2.24) is 0 Å². The lowest BCUT2D eigenvalue weighted by Gasteiger charge is -2.07. The van der Waals surface area contributed by atoms with Gasteiger partial charge in [-0.05, 0) is 23.3 Å². The van der Waals surface area contributed by atoms with Gasteiger partial charge in [-0.15, -0.1) is 0 Å². The molecule has 1 heterocycles. The van der Waals surface area contributed by atoms with Crippen molar-refractivity contribution >= 4 is 12.2 Å². The fourth-order valence-corrected chi connectivity index (χ4v) is 1.77. The van der Waals surface area contributed by atoms with Crippen LogP contribution in [0.5, 0.6) is 11.5 Å². The van der Waals surface area contributed by atoms with E-state index in [-0.39, 0.29) is 24.0 Å². The number of nitrogens with zero attached hydrogens (tertiary/aromatic N) is 1. The molecule has 0 atom stereocenters. The monoisotopic (exact) mass is 383 g/mol. The molecule has 2 rings (SSSR count). The molecule has 20 heavy (non-hydrogen) atoms. The minimum atomic E-state index is 0. The highest BCUT2D eigenvalue weighted by Crippen LogP contribution is 2.28. The zero-order valence-corrected chi connectivity index (χ0v) is 14.0. The van der Waals surface area contributed by atoms with E-state index in [1.165, 1.54) is 0 Å². The summed E-state index contributed by atoms with van der Waals surface area (Å²) in [5.74, 6) is 1.48. The predicted molar refractivity (Wildman–Crippen MR) is 76.1 cm³/mol. The molecule has 0 N–H and O–H groups in total. The third-order valence-electron chi connectivity index (χ3n) is 2.88. The molecule has 0 fully saturated rings. The van der Waals surface area contributed by atoms with Gasteiger partial charge >= 0.3 is 0 Å². The van der Waals surface area contributed by atoms with Crippen molar-refractivity contribution in [3.63, 3.8) is 0 Å². The minimum absolute atomic E-state index is 0. The van der Waals surface area contributed by atoms with Crippen LogP contribution >= 0.6 is 0 Å². The lowest BCUT2D eigenvalue weighted by atomic mass is 10.1. The van der Waals surface area contributed by atoms with Crippen molar-refractivity contribution in [2.24, 2.45) is 7.05 Å². The van der Waals surface area contributed by atoms with Crippen LogP contribution in [0.2, 0.25) is 0 Å². The van der Waals surface area contributed by atoms with E-state index < -0.39 is 0 Å². The van der Waals surface area contributed by atoms with Gasteiger partial charge in [0.15, 0.2) is 23.9 Å². The maximum atomic E-state index is 5.28. The Bertz CT molecular complexity index is 580. The molecule has 0 aliphatic rings. The van der Waals surface area contributed by atoms with Crippen LogP contribution in [0.4, 0.5) is 0 Å². The van der Waals surface area contributed by atoms with Crippen LogP contribution < -0.4 is 38.0 Å². The van der Waals surface area contributed by atoms with Gasteiger partial charge in [-0.2, -0.15) is 0 Å². The molecule has 0 saturated heterocycles. The van der Waals surface area contributed by atoms with Gasteiger partial charge in [-0.1, -0.05) is 18.2 Å². The van der Waals surface area contributed by atoms with E-state index in [1.54, 1.807) is 14.2 Å². The molecule has 3 nitrogen and oxygen atoms in total. The van der Waals surface area contributed by atoms with Crippen LogP contribution in [0.25, 0.3) is 12.2 Å². The van der Waals surface area contributed by atoms with Crippen molar-refractivity contribution in [3.05, 3.63) is 53.9 Å². The van der Waals surface area contributed by atoms with Crippen molar-refractivity contribution in [2.45, 2.75) is 0 Å². The fourth-order valence-electron chi connectivity index (χ4n) is 1.77. The Morgan fingerprint density at radius 3 is 2.05 bits per heavy atom. The number of methoxy groups -OCH3 is 2. The molecule has 0 bridgehead atoms. The second-order valence-corrected chi connectivity index (χ2v) is 4.24. The van der Waals surface area contributed by atoms with Gasteiger partial charge in [0.25, 0.3) is 0 Å². The summed E-state index contributed by atoms with van der Waals surface area (Å²) in [7, 11) is 5.28. The van der Waals surface area contributed by atoms with Crippen molar-refractivity contribution in [1.29, 1.82) is 0 Å². The number of rotatable bonds is 4. The summed E-state index contributed by atoms with van der Waals surface area (Å²) in [6.07, 6.45) is 8.17. The molecule has 0 spiro atoms. The lowest BCUT2D eigenvalue weighted by Crippen LogP contribution is -3.00. The largest absolute Gasteiger partial charge is 1.00 e. The SMILES string of the molecule is COc1ccc(C=Cc2cc[n+](C)cc2)cc1OC.[I-]. The van der Waals surface area contributed by atoms with E-state index >= 15 is 0 Å². The van der Waals surface area contributed by atoms with Gasteiger partial charge < -0.3 is 33.5 Å². The number of halogens is 1. The Hall–Kier alpha value is -1.56. The van der Waals surface area contributed by atoms with Gasteiger partial charge in [0.05, 0.1) is 14.2 Å². The average Bonchev–Trinajstić information content (AvgIpc) is 2.46. The normalized spacial score (nSPS) is 10.2. The van der Waals surface area contributed by atoms with Crippen LogP contribution in [0.15, 0.2) is 42.7 Å². The summed E-state index contributed by atoms with van der Waals surface area (Å²) < 4.78 is 12.5. The average molecular weight is 383 g/mol. The molecule has 1 aromatic carbocycles. The molecule has 0 unspecified atom stereocenters. The van der Waals surface area contributed by atoms with Crippen molar-refractivity contribution < 1.29 is 38.0 Å². The molecule has 0 aliphatic carbocycles. The first kappa shape index (κ1) is 16.5. The third kappa shape index (κ3) is 4.23. The van der Waals surface area contributed by atoms with E-state index in [9.17, 15) is 0 Å². The molecular formula is C16H18INO2. The van der Waals surface area contributed by atoms with Crippen molar-refractivity contribution in [2.75, 3.05) is 14.2 Å². The van der Waals surface area contributed by atoms with Crippen molar-refractivity contribution in [3.8, 4) is 11.5 Å². The number of pyridine rings is 1. The van der Waals surface area contributed by atoms with Gasteiger partial charge in [0.1, 0.15) is 7.05 Å². The highest BCUT2D eigenvalue weighted by molar-refractivity contribution is 5.70. The topological polar surface area (TPSA) is 22.3 Å². The van der Waals surface area contributed by atoms with Gasteiger partial charge in [0.2, 0.25) is 0 Å². The highest BCUT2D eigenvalue weighted by Gasteiger charge is 2.02. The molecule has 4 heteroatoms. The molecule has 2 aromatic rings. The second-order valence-electron chi connectivity index (χ2n) is 4.24. The van der Waals surface area contributed by atoms with Gasteiger partial charge in [0, 0.05) is 12.1 Å². The van der Waals surface area contributed by atoms with E-state index in [4.69, 9.17) is 9.47 Å².